The molecule has 0 amide bonds. The van der Waals surface area contributed by atoms with Gasteiger partial charge in [-0.05, 0) is 0 Å². The topological polar surface area (TPSA) is 64.5 Å². The van der Waals surface area contributed by atoms with Gasteiger partial charge in [-0.2, -0.15) is 4.83 Å². The molecular formula is C2H8N2O2S. The SMILES string of the molecule is OS1(O)CCNN1. The van der Waals surface area contributed by atoms with Crippen molar-refractivity contribution in [1.82, 2.24) is 10.3 Å². The van der Waals surface area contributed by atoms with Gasteiger partial charge in [-0.1, -0.05) is 0 Å². The van der Waals surface area contributed by atoms with Crippen molar-refractivity contribution < 1.29 is 9.11 Å². The van der Waals surface area contributed by atoms with Crippen molar-refractivity contribution in [2.75, 3.05) is 12.3 Å². The first-order valence-electron chi connectivity index (χ1n) is 1.96. The molecule has 4 nitrogen and oxygen atoms in total. The van der Waals surface area contributed by atoms with Gasteiger partial charge in [0, 0.05) is 6.54 Å². The number of hydrogen-bond donors (Lipinski definition) is 4. The maximum atomic E-state index is 8.66. The van der Waals surface area contributed by atoms with Crippen LogP contribution in [0.4, 0.5) is 0 Å². The standard InChI is InChI=1S/C2H8N2O2S/c5-7(6)2-1-3-4-7/h3-6H,1-2H2. The first kappa shape index (κ1) is 5.33. The van der Waals surface area contributed by atoms with Crippen LogP contribution in [0.15, 0.2) is 0 Å². The lowest BCUT2D eigenvalue weighted by molar-refractivity contribution is 0.478. The molecule has 1 saturated heterocycles. The Balaban J connectivity index is 2.40. The molecule has 0 spiro atoms. The molecule has 1 aliphatic heterocycles. The predicted octanol–water partition coefficient (Wildman–Crippen LogP) is -0.240. The molecule has 0 aromatic carbocycles. The fourth-order valence-corrected chi connectivity index (χ4v) is 1.23. The smallest absolute Gasteiger partial charge is 0.0680 e. The molecule has 0 unspecified atom stereocenters. The van der Waals surface area contributed by atoms with Crippen molar-refractivity contribution in [3.05, 3.63) is 0 Å². The molecule has 1 rings (SSSR count). The zero-order chi connectivity index (χ0) is 5.33. The molecule has 0 radical (unpaired) electrons. The molecule has 5 heteroatoms. The lowest BCUT2D eigenvalue weighted by atomic mass is 10.8. The van der Waals surface area contributed by atoms with E-state index < -0.39 is 10.8 Å². The lowest BCUT2D eigenvalue weighted by Crippen LogP contribution is -2.23. The van der Waals surface area contributed by atoms with Crippen molar-refractivity contribution in [3.63, 3.8) is 0 Å². The number of hydrogen-bond acceptors (Lipinski definition) is 4. The first-order valence-corrected chi connectivity index (χ1v) is 3.68. The number of hydrazine groups is 1. The van der Waals surface area contributed by atoms with Crippen LogP contribution in [-0.2, 0) is 0 Å². The summed E-state index contributed by atoms with van der Waals surface area (Å²) in [5, 5.41) is 0. The molecule has 7 heavy (non-hydrogen) atoms. The molecule has 0 aromatic heterocycles. The van der Waals surface area contributed by atoms with Gasteiger partial charge >= 0.3 is 0 Å². The minimum Gasteiger partial charge on any atom is -0.285 e. The molecule has 0 atom stereocenters. The summed E-state index contributed by atoms with van der Waals surface area (Å²) in [6.07, 6.45) is 0. The monoisotopic (exact) mass is 124 g/mol. The second-order valence-corrected chi connectivity index (χ2v) is 3.35. The Morgan fingerprint density at radius 2 is 2.14 bits per heavy atom. The summed E-state index contributed by atoms with van der Waals surface area (Å²) in [6, 6.07) is 0. The lowest BCUT2D eigenvalue weighted by Gasteiger charge is -2.23. The van der Waals surface area contributed by atoms with Gasteiger partial charge in [-0.15, -0.1) is 10.8 Å². The second-order valence-electron chi connectivity index (χ2n) is 1.40. The summed E-state index contributed by atoms with van der Waals surface area (Å²) < 4.78 is 17.3. The second kappa shape index (κ2) is 1.61. The van der Waals surface area contributed by atoms with Gasteiger partial charge in [-0.25, -0.2) is 5.43 Å². The summed E-state index contributed by atoms with van der Waals surface area (Å²) in [6.45, 7) is 0.641. The summed E-state index contributed by atoms with van der Waals surface area (Å²) in [4.78, 5) is 2.34. The van der Waals surface area contributed by atoms with Crippen LogP contribution >= 0.6 is 10.8 Å². The van der Waals surface area contributed by atoms with Gasteiger partial charge in [-0.3, -0.25) is 9.11 Å². The van der Waals surface area contributed by atoms with Crippen molar-refractivity contribution >= 4 is 10.8 Å². The highest BCUT2D eigenvalue weighted by molar-refractivity contribution is 8.22. The van der Waals surface area contributed by atoms with Crippen LogP contribution in [0.5, 0.6) is 0 Å². The third-order valence-corrected chi connectivity index (χ3v) is 1.99. The molecule has 44 valence electrons. The van der Waals surface area contributed by atoms with Crippen LogP contribution in [0.1, 0.15) is 0 Å². The molecule has 0 aromatic rings. The minimum absolute atomic E-state index is 0.424. The average molecular weight is 124 g/mol. The molecule has 0 bridgehead atoms. The van der Waals surface area contributed by atoms with Gasteiger partial charge in [0.05, 0.1) is 5.75 Å². The summed E-state index contributed by atoms with van der Waals surface area (Å²) in [7, 11) is -2.41. The van der Waals surface area contributed by atoms with Crippen LogP contribution < -0.4 is 10.3 Å². The van der Waals surface area contributed by atoms with Crippen LogP contribution in [0.2, 0.25) is 0 Å². The van der Waals surface area contributed by atoms with E-state index in [1.165, 1.54) is 0 Å². The Labute approximate surface area is 43.4 Å². The van der Waals surface area contributed by atoms with Gasteiger partial charge in [0.2, 0.25) is 0 Å². The Kier molecular flexibility index (Phi) is 1.22. The zero-order valence-corrected chi connectivity index (χ0v) is 4.53. The zero-order valence-electron chi connectivity index (χ0n) is 3.72. The Morgan fingerprint density at radius 3 is 2.29 bits per heavy atom. The van der Waals surface area contributed by atoms with Crippen LogP contribution in [-0.4, -0.2) is 21.4 Å². The average Bonchev–Trinajstić information content (AvgIpc) is 1.84. The van der Waals surface area contributed by atoms with Gasteiger partial charge < -0.3 is 0 Å². The normalized spacial score (nSPS) is 32.9. The maximum Gasteiger partial charge on any atom is 0.0680 e. The maximum absolute atomic E-state index is 8.66. The Morgan fingerprint density at radius 1 is 1.43 bits per heavy atom. The van der Waals surface area contributed by atoms with Crippen molar-refractivity contribution in [2.45, 2.75) is 0 Å². The highest BCUT2D eigenvalue weighted by Gasteiger charge is 2.15. The van der Waals surface area contributed by atoms with E-state index in [-0.39, 0.29) is 0 Å². The van der Waals surface area contributed by atoms with Crippen LogP contribution in [0.25, 0.3) is 0 Å². The highest BCUT2D eigenvalue weighted by atomic mass is 32.3. The Bertz CT molecular complexity index is 68.1. The van der Waals surface area contributed by atoms with E-state index >= 15 is 0 Å². The van der Waals surface area contributed by atoms with E-state index in [2.05, 4.69) is 10.3 Å². The molecule has 1 heterocycles. The molecule has 4 N–H and O–H groups in total. The molecule has 0 saturated carbocycles. The van der Waals surface area contributed by atoms with Gasteiger partial charge in [0.25, 0.3) is 0 Å². The van der Waals surface area contributed by atoms with E-state index in [0.717, 1.165) is 0 Å². The molecule has 1 aliphatic rings. The van der Waals surface area contributed by atoms with E-state index in [0.29, 0.717) is 12.3 Å². The quantitative estimate of drug-likeness (QED) is 0.360. The highest BCUT2D eigenvalue weighted by Crippen LogP contribution is 2.33. The summed E-state index contributed by atoms with van der Waals surface area (Å²) in [5.74, 6) is 0.424. The third kappa shape index (κ3) is 1.29. The van der Waals surface area contributed by atoms with Crippen LogP contribution in [0, 0.1) is 0 Å². The van der Waals surface area contributed by atoms with Crippen LogP contribution in [0.3, 0.4) is 0 Å². The van der Waals surface area contributed by atoms with E-state index in [4.69, 9.17) is 9.11 Å². The minimum atomic E-state index is -2.41. The third-order valence-electron chi connectivity index (χ3n) is 0.747. The van der Waals surface area contributed by atoms with Crippen molar-refractivity contribution in [2.24, 2.45) is 0 Å². The predicted molar refractivity (Wildman–Crippen MR) is 28.9 cm³/mol. The summed E-state index contributed by atoms with van der Waals surface area (Å²) >= 11 is 0. The Hall–Kier alpha value is 0.190. The number of nitrogens with one attached hydrogen (secondary N) is 2. The van der Waals surface area contributed by atoms with Gasteiger partial charge in [0.1, 0.15) is 0 Å². The molecule has 0 aliphatic carbocycles. The van der Waals surface area contributed by atoms with Crippen molar-refractivity contribution in [3.8, 4) is 0 Å². The largest absolute Gasteiger partial charge is 0.285 e. The fraction of sp³-hybridized carbons (Fsp3) is 1.00. The van der Waals surface area contributed by atoms with E-state index in [9.17, 15) is 0 Å². The molecule has 1 fully saturated rings. The van der Waals surface area contributed by atoms with E-state index in [1.807, 2.05) is 0 Å². The summed E-state index contributed by atoms with van der Waals surface area (Å²) in [5.41, 5.74) is 2.60. The number of rotatable bonds is 0. The van der Waals surface area contributed by atoms with Crippen molar-refractivity contribution in [1.29, 1.82) is 0 Å². The first-order chi connectivity index (χ1) is 3.21. The molecular weight excluding hydrogens is 116 g/mol. The van der Waals surface area contributed by atoms with E-state index in [1.54, 1.807) is 0 Å². The fourth-order valence-electron chi connectivity index (χ4n) is 0.411. The van der Waals surface area contributed by atoms with Gasteiger partial charge in [0.15, 0.2) is 0 Å².